The molecule has 0 spiro atoms. The maximum Gasteiger partial charge on any atom is 0.511 e. The molecule has 2 aromatic rings. The van der Waals surface area contributed by atoms with Gasteiger partial charge in [0.25, 0.3) is 0 Å². The minimum Gasteiger partial charge on any atom is -0.488 e. The minimum absolute atomic E-state index is 0.0899. The molecule has 6 nitrogen and oxygen atoms in total. The van der Waals surface area contributed by atoms with E-state index in [0.717, 1.165) is 34.5 Å². The summed E-state index contributed by atoms with van der Waals surface area (Å²) in [5.41, 5.74) is 4.25. The molecular formula is C28H28O6. The monoisotopic (exact) mass is 460 g/mol. The van der Waals surface area contributed by atoms with Gasteiger partial charge in [-0.05, 0) is 103 Å². The van der Waals surface area contributed by atoms with Gasteiger partial charge >= 0.3 is 12.1 Å². The van der Waals surface area contributed by atoms with Crippen LogP contribution >= 0.6 is 0 Å². The van der Waals surface area contributed by atoms with Crippen LogP contribution in [0.2, 0.25) is 0 Å². The second-order valence-corrected chi connectivity index (χ2v) is 10.5. The lowest BCUT2D eigenvalue weighted by Crippen LogP contribution is -2.48. The molecule has 0 radical (unpaired) electrons. The maximum absolute atomic E-state index is 11.9. The Morgan fingerprint density at radius 3 is 2.32 bits per heavy atom. The predicted octanol–water partition coefficient (Wildman–Crippen LogP) is 6.07. The van der Waals surface area contributed by atoms with Gasteiger partial charge in [-0.1, -0.05) is 6.07 Å². The van der Waals surface area contributed by atoms with E-state index in [-0.39, 0.29) is 17.1 Å². The van der Waals surface area contributed by atoms with Gasteiger partial charge in [0.2, 0.25) is 0 Å². The van der Waals surface area contributed by atoms with Crippen molar-refractivity contribution in [1.29, 1.82) is 0 Å². The van der Waals surface area contributed by atoms with Crippen molar-refractivity contribution in [2.45, 2.75) is 50.9 Å². The molecule has 1 N–H and O–H groups in total. The predicted molar refractivity (Wildman–Crippen MR) is 126 cm³/mol. The first-order chi connectivity index (χ1) is 16.4. The molecule has 34 heavy (non-hydrogen) atoms. The Bertz CT molecular complexity index is 1170. The largest absolute Gasteiger partial charge is 0.511 e. The number of rotatable bonds is 4. The molecule has 5 aliphatic rings. The third-order valence-corrected chi connectivity index (χ3v) is 8.12. The van der Waals surface area contributed by atoms with Crippen LogP contribution in [-0.2, 0) is 10.2 Å². The van der Waals surface area contributed by atoms with Gasteiger partial charge in [0.15, 0.2) is 0 Å². The van der Waals surface area contributed by atoms with E-state index in [2.05, 4.69) is 12.1 Å². The zero-order valence-corrected chi connectivity index (χ0v) is 19.2. The molecule has 4 fully saturated rings. The zero-order chi connectivity index (χ0) is 23.4. The Morgan fingerprint density at radius 2 is 1.68 bits per heavy atom. The van der Waals surface area contributed by atoms with Gasteiger partial charge in [-0.3, -0.25) is 4.79 Å². The molecule has 0 saturated heterocycles. The van der Waals surface area contributed by atoms with Crippen molar-refractivity contribution in [3.8, 4) is 17.2 Å². The summed E-state index contributed by atoms with van der Waals surface area (Å²) in [6.45, 7) is 1.84. The standard InChI is InChI=1S/C28H28O6/c1-16(29)33-25-5-3-20(10-24(25)28-12-17-6-18(13-28)8-19(7-17)14-28)22-9-21-2-4-23(34-27(30)31)11-26(21)32-15-22/h2-5,9-11,17-19H,6-8,12-15H2,1H3,(H,30,31). The third kappa shape index (κ3) is 3.75. The fourth-order valence-corrected chi connectivity index (χ4v) is 7.30. The highest BCUT2D eigenvalue weighted by molar-refractivity contribution is 5.86. The van der Waals surface area contributed by atoms with E-state index in [1.165, 1.54) is 51.0 Å². The summed E-state index contributed by atoms with van der Waals surface area (Å²) >= 11 is 0. The van der Waals surface area contributed by atoms with E-state index >= 15 is 0 Å². The molecule has 0 unspecified atom stereocenters. The molecule has 176 valence electrons. The molecule has 1 aliphatic heterocycles. The van der Waals surface area contributed by atoms with Crippen LogP contribution in [0.1, 0.15) is 62.1 Å². The summed E-state index contributed by atoms with van der Waals surface area (Å²) in [5, 5.41) is 8.85. The van der Waals surface area contributed by atoms with Crippen molar-refractivity contribution >= 4 is 23.8 Å². The number of carbonyl (C=O) groups excluding carboxylic acids is 1. The molecule has 0 aromatic heterocycles. The van der Waals surface area contributed by atoms with Crippen LogP contribution in [0.15, 0.2) is 36.4 Å². The van der Waals surface area contributed by atoms with Crippen molar-refractivity contribution in [2.24, 2.45) is 17.8 Å². The quantitative estimate of drug-likeness (QED) is 0.339. The first-order valence-electron chi connectivity index (χ1n) is 12.1. The maximum atomic E-state index is 11.9. The molecule has 0 amide bonds. The van der Waals surface area contributed by atoms with Crippen LogP contribution in [-0.4, -0.2) is 23.8 Å². The van der Waals surface area contributed by atoms with E-state index in [0.29, 0.717) is 18.1 Å². The van der Waals surface area contributed by atoms with E-state index in [4.69, 9.17) is 19.3 Å². The van der Waals surface area contributed by atoms with Gasteiger partial charge in [-0.25, -0.2) is 4.79 Å². The Morgan fingerprint density at radius 1 is 0.971 bits per heavy atom. The Labute approximate surface area is 198 Å². The lowest BCUT2D eigenvalue weighted by atomic mass is 9.48. The van der Waals surface area contributed by atoms with E-state index in [9.17, 15) is 9.59 Å². The molecule has 4 aliphatic carbocycles. The summed E-state index contributed by atoms with van der Waals surface area (Å²) in [4.78, 5) is 22.7. The zero-order valence-electron chi connectivity index (χ0n) is 19.2. The highest BCUT2D eigenvalue weighted by Crippen LogP contribution is 2.62. The molecule has 1 heterocycles. The van der Waals surface area contributed by atoms with Crippen LogP contribution in [0.5, 0.6) is 17.2 Å². The summed E-state index contributed by atoms with van der Waals surface area (Å²) in [5.74, 6) is 3.60. The van der Waals surface area contributed by atoms with Crippen LogP contribution < -0.4 is 14.2 Å². The second kappa shape index (κ2) is 7.90. The highest BCUT2D eigenvalue weighted by atomic mass is 16.7. The van der Waals surface area contributed by atoms with Crippen molar-refractivity contribution in [2.75, 3.05) is 6.61 Å². The second-order valence-electron chi connectivity index (χ2n) is 10.5. The number of hydrogen-bond donors (Lipinski definition) is 1. The van der Waals surface area contributed by atoms with Gasteiger partial charge in [-0.15, -0.1) is 0 Å². The van der Waals surface area contributed by atoms with Crippen molar-refractivity contribution in [3.05, 3.63) is 53.1 Å². The minimum atomic E-state index is -1.35. The van der Waals surface area contributed by atoms with Gasteiger partial charge in [0.05, 0.1) is 0 Å². The van der Waals surface area contributed by atoms with Gasteiger partial charge in [-0.2, -0.15) is 0 Å². The molecule has 2 aromatic carbocycles. The summed E-state index contributed by atoms with van der Waals surface area (Å²) in [7, 11) is 0. The van der Waals surface area contributed by atoms with Crippen LogP contribution in [0, 0.1) is 17.8 Å². The SMILES string of the molecule is CC(=O)Oc1ccc(C2=Cc3ccc(OC(=O)O)cc3OC2)cc1C12CC3CC(CC(C3)C1)C2. The van der Waals surface area contributed by atoms with Crippen LogP contribution in [0.4, 0.5) is 4.79 Å². The first kappa shape index (κ1) is 21.3. The van der Waals surface area contributed by atoms with Gasteiger partial charge < -0.3 is 19.3 Å². The lowest BCUT2D eigenvalue weighted by Gasteiger charge is -2.57. The van der Waals surface area contributed by atoms with Crippen LogP contribution in [0.3, 0.4) is 0 Å². The highest BCUT2D eigenvalue weighted by Gasteiger charge is 2.52. The number of esters is 1. The van der Waals surface area contributed by atoms with Crippen molar-refractivity contribution in [3.63, 3.8) is 0 Å². The average molecular weight is 461 g/mol. The molecule has 4 saturated carbocycles. The molecule has 4 bridgehead atoms. The van der Waals surface area contributed by atoms with E-state index in [1.54, 1.807) is 18.2 Å². The third-order valence-electron chi connectivity index (χ3n) is 8.12. The number of carbonyl (C=O) groups is 2. The fraction of sp³-hybridized carbons (Fsp3) is 0.429. The molecule has 7 rings (SSSR count). The Kier molecular flexibility index (Phi) is 4.94. The van der Waals surface area contributed by atoms with Crippen molar-refractivity contribution in [1.82, 2.24) is 0 Å². The average Bonchev–Trinajstić information content (AvgIpc) is 2.77. The van der Waals surface area contributed by atoms with E-state index < -0.39 is 6.16 Å². The topological polar surface area (TPSA) is 82.1 Å². The van der Waals surface area contributed by atoms with Gasteiger partial charge in [0.1, 0.15) is 23.9 Å². The fourth-order valence-electron chi connectivity index (χ4n) is 7.30. The Hall–Kier alpha value is -3.28. The number of fused-ring (bicyclic) bond motifs is 1. The lowest BCUT2D eigenvalue weighted by molar-refractivity contribution is -0.132. The van der Waals surface area contributed by atoms with Gasteiger partial charge in [0, 0.05) is 24.1 Å². The molecular weight excluding hydrogens is 432 g/mol. The normalized spacial score (nSPS) is 28.5. The summed E-state index contributed by atoms with van der Waals surface area (Å²) in [6, 6.07) is 11.2. The first-order valence-corrected chi connectivity index (χ1v) is 12.1. The number of benzene rings is 2. The smallest absolute Gasteiger partial charge is 0.488 e. The van der Waals surface area contributed by atoms with E-state index in [1.807, 2.05) is 12.1 Å². The molecule has 6 heteroatoms. The summed E-state index contributed by atoms with van der Waals surface area (Å²) < 4.78 is 16.4. The summed E-state index contributed by atoms with van der Waals surface area (Å²) in [6.07, 6.45) is 8.33. The molecule has 0 atom stereocenters. The van der Waals surface area contributed by atoms with Crippen molar-refractivity contribution < 1.29 is 28.9 Å². The Balaban J connectivity index is 1.38. The number of hydrogen-bond acceptors (Lipinski definition) is 5. The number of carboxylic acid groups (broad SMARTS) is 1. The number of ether oxygens (including phenoxy) is 3. The van der Waals surface area contributed by atoms with Crippen LogP contribution in [0.25, 0.3) is 11.6 Å².